The van der Waals surface area contributed by atoms with Crippen molar-refractivity contribution in [3.05, 3.63) is 47.5 Å². The molecule has 1 aromatic rings. The molecule has 3 aliphatic rings. The van der Waals surface area contributed by atoms with Crippen molar-refractivity contribution in [2.75, 3.05) is 19.6 Å². The van der Waals surface area contributed by atoms with E-state index < -0.39 is 11.7 Å². The molecule has 1 aliphatic heterocycles. The van der Waals surface area contributed by atoms with Gasteiger partial charge in [-0.1, -0.05) is 24.3 Å². The van der Waals surface area contributed by atoms with Crippen LogP contribution in [-0.4, -0.2) is 42.3 Å². The molecule has 1 saturated heterocycles. The molecule has 1 heterocycles. The molecule has 174 valence electrons. The number of imide groups is 1. The molecule has 10 heteroatoms. The average Bonchev–Trinajstić information content (AvgIpc) is 3.41. The van der Waals surface area contributed by atoms with Gasteiger partial charge in [0.25, 0.3) is 0 Å². The first-order valence-corrected chi connectivity index (χ1v) is 10.5. The van der Waals surface area contributed by atoms with Crippen LogP contribution in [-0.2, 0) is 22.3 Å². The molecule has 2 amide bonds. The van der Waals surface area contributed by atoms with Gasteiger partial charge in [-0.15, -0.1) is 24.0 Å². The van der Waals surface area contributed by atoms with E-state index in [4.69, 9.17) is 0 Å². The third kappa shape index (κ3) is 4.79. The number of alkyl halides is 3. The van der Waals surface area contributed by atoms with Gasteiger partial charge in [-0.2, -0.15) is 13.2 Å². The van der Waals surface area contributed by atoms with Crippen molar-refractivity contribution in [3.8, 4) is 0 Å². The summed E-state index contributed by atoms with van der Waals surface area (Å²) in [5.74, 6) is 0.141. The number of likely N-dealkylation sites (tertiary alicyclic amines) is 1. The Hall–Kier alpha value is -2.11. The van der Waals surface area contributed by atoms with Crippen molar-refractivity contribution < 1.29 is 22.8 Å². The maximum atomic E-state index is 12.9. The van der Waals surface area contributed by atoms with Gasteiger partial charge in [-0.3, -0.25) is 14.5 Å². The Morgan fingerprint density at radius 3 is 2.38 bits per heavy atom. The first-order chi connectivity index (χ1) is 14.8. The van der Waals surface area contributed by atoms with Crippen molar-refractivity contribution in [3.63, 3.8) is 0 Å². The molecule has 0 spiro atoms. The molecule has 4 rings (SSSR count). The van der Waals surface area contributed by atoms with Crippen LogP contribution in [0.1, 0.15) is 24.5 Å². The molecule has 4 unspecified atom stereocenters. The zero-order chi connectivity index (χ0) is 22.2. The molecule has 2 fully saturated rings. The number of benzene rings is 1. The highest BCUT2D eigenvalue weighted by molar-refractivity contribution is 14.0. The molecule has 1 aromatic carbocycles. The number of fused-ring (bicyclic) bond motifs is 5. The van der Waals surface area contributed by atoms with Gasteiger partial charge in [-0.05, 0) is 42.9 Å². The molecular formula is C22H26F3IN4O2. The zero-order valence-corrected chi connectivity index (χ0v) is 19.9. The summed E-state index contributed by atoms with van der Waals surface area (Å²) in [7, 11) is 0. The normalized spacial score (nSPS) is 26.4. The van der Waals surface area contributed by atoms with Crippen LogP contribution in [0.2, 0.25) is 0 Å². The Morgan fingerprint density at radius 2 is 1.78 bits per heavy atom. The lowest BCUT2D eigenvalue weighted by Gasteiger charge is -2.18. The van der Waals surface area contributed by atoms with Gasteiger partial charge in [0, 0.05) is 19.6 Å². The van der Waals surface area contributed by atoms with Gasteiger partial charge in [0.2, 0.25) is 11.8 Å². The van der Waals surface area contributed by atoms with E-state index in [9.17, 15) is 22.8 Å². The first-order valence-electron chi connectivity index (χ1n) is 10.5. The molecule has 2 N–H and O–H groups in total. The predicted molar refractivity (Wildman–Crippen MR) is 124 cm³/mol. The topological polar surface area (TPSA) is 73.8 Å². The van der Waals surface area contributed by atoms with Gasteiger partial charge in [0.05, 0.1) is 23.9 Å². The number of nitrogens with zero attached hydrogens (tertiary/aromatic N) is 2. The average molecular weight is 562 g/mol. The zero-order valence-electron chi connectivity index (χ0n) is 17.6. The number of allylic oxidation sites excluding steroid dienone is 2. The van der Waals surface area contributed by atoms with Crippen LogP contribution < -0.4 is 10.6 Å². The number of hydrogen-bond donors (Lipinski definition) is 2. The second kappa shape index (κ2) is 9.80. The minimum absolute atomic E-state index is 0. The summed E-state index contributed by atoms with van der Waals surface area (Å²) in [5.41, 5.74) is -0.272. The van der Waals surface area contributed by atoms with E-state index in [1.165, 1.54) is 11.0 Å². The summed E-state index contributed by atoms with van der Waals surface area (Å²) in [6.45, 7) is 3.06. The van der Waals surface area contributed by atoms with Crippen LogP contribution in [0.4, 0.5) is 13.2 Å². The van der Waals surface area contributed by atoms with Crippen LogP contribution in [0.15, 0.2) is 41.4 Å². The summed E-state index contributed by atoms with van der Waals surface area (Å²) in [5, 5.41) is 6.09. The third-order valence-electron chi connectivity index (χ3n) is 6.21. The molecule has 6 nitrogen and oxygen atoms in total. The van der Waals surface area contributed by atoms with E-state index in [-0.39, 0.29) is 72.6 Å². The minimum Gasteiger partial charge on any atom is -0.357 e. The quantitative estimate of drug-likeness (QED) is 0.184. The number of hydrogen-bond acceptors (Lipinski definition) is 3. The van der Waals surface area contributed by atoms with E-state index in [1.807, 2.05) is 6.92 Å². The van der Waals surface area contributed by atoms with Gasteiger partial charge in [0.1, 0.15) is 0 Å². The second-order valence-corrected chi connectivity index (χ2v) is 8.15. The molecule has 0 radical (unpaired) electrons. The fourth-order valence-corrected chi connectivity index (χ4v) is 4.83. The van der Waals surface area contributed by atoms with E-state index in [0.29, 0.717) is 24.6 Å². The number of carbonyl (C=O) groups excluding carboxylic acids is 2. The Labute approximate surface area is 201 Å². The molecule has 4 atom stereocenters. The molecular weight excluding hydrogens is 536 g/mol. The standard InChI is InChI=1S/C22H25F3N4O2.HI/c1-2-26-21(28-12-13-4-3-5-16(10-13)22(23,24)25)27-8-9-29-19(30)17-14-6-7-15(11-14)18(17)20(29)31;/h3-7,10,14-15,17-18H,2,8-9,11-12H2,1H3,(H2,26,27,28);1H. The first kappa shape index (κ1) is 24.5. The highest BCUT2D eigenvalue weighted by Crippen LogP contribution is 2.52. The van der Waals surface area contributed by atoms with Crippen molar-refractivity contribution in [1.82, 2.24) is 15.5 Å². The predicted octanol–water partition coefficient (Wildman–Crippen LogP) is 3.19. The van der Waals surface area contributed by atoms with Gasteiger partial charge in [-0.25, -0.2) is 4.99 Å². The van der Waals surface area contributed by atoms with Crippen molar-refractivity contribution >= 4 is 41.8 Å². The van der Waals surface area contributed by atoms with E-state index in [2.05, 4.69) is 27.8 Å². The number of aliphatic imine (C=N–C) groups is 1. The van der Waals surface area contributed by atoms with Gasteiger partial charge < -0.3 is 10.6 Å². The smallest absolute Gasteiger partial charge is 0.357 e. The fraction of sp³-hybridized carbons (Fsp3) is 0.500. The van der Waals surface area contributed by atoms with Crippen LogP contribution in [0.5, 0.6) is 0 Å². The Bertz CT molecular complexity index is 904. The molecule has 1 saturated carbocycles. The van der Waals surface area contributed by atoms with Crippen LogP contribution >= 0.6 is 24.0 Å². The second-order valence-electron chi connectivity index (χ2n) is 8.15. The van der Waals surface area contributed by atoms with Crippen LogP contribution in [0.25, 0.3) is 0 Å². The Balaban J connectivity index is 0.00000289. The number of guanidine groups is 1. The van der Waals surface area contributed by atoms with E-state index in [0.717, 1.165) is 18.6 Å². The maximum absolute atomic E-state index is 12.9. The van der Waals surface area contributed by atoms with Crippen molar-refractivity contribution in [1.29, 1.82) is 0 Å². The number of amides is 2. The summed E-state index contributed by atoms with van der Waals surface area (Å²) in [6, 6.07) is 5.05. The lowest BCUT2D eigenvalue weighted by Crippen LogP contribution is -2.43. The van der Waals surface area contributed by atoms with Crippen molar-refractivity contribution in [2.24, 2.45) is 28.7 Å². The van der Waals surface area contributed by atoms with E-state index >= 15 is 0 Å². The van der Waals surface area contributed by atoms with Crippen LogP contribution in [0, 0.1) is 23.7 Å². The van der Waals surface area contributed by atoms with Gasteiger partial charge >= 0.3 is 6.18 Å². The summed E-state index contributed by atoms with van der Waals surface area (Å²) >= 11 is 0. The largest absolute Gasteiger partial charge is 0.416 e. The molecule has 32 heavy (non-hydrogen) atoms. The summed E-state index contributed by atoms with van der Waals surface area (Å²) < 4.78 is 38.6. The molecule has 2 bridgehead atoms. The lowest BCUT2D eigenvalue weighted by molar-refractivity contribution is -0.140. The summed E-state index contributed by atoms with van der Waals surface area (Å²) in [4.78, 5) is 31.1. The SMILES string of the molecule is CCNC(=NCc1cccc(C(F)(F)F)c1)NCCN1C(=O)C2C3C=CC(C3)C2C1=O.I. The van der Waals surface area contributed by atoms with Crippen LogP contribution in [0.3, 0.4) is 0 Å². The number of carbonyl (C=O) groups is 2. The monoisotopic (exact) mass is 562 g/mol. The van der Waals surface area contributed by atoms with Gasteiger partial charge in [0.15, 0.2) is 5.96 Å². The molecule has 0 aromatic heterocycles. The summed E-state index contributed by atoms with van der Waals surface area (Å²) in [6.07, 6.45) is 0.612. The van der Waals surface area contributed by atoms with Crippen molar-refractivity contribution in [2.45, 2.75) is 26.1 Å². The highest BCUT2D eigenvalue weighted by Gasteiger charge is 2.58. The minimum atomic E-state index is -4.40. The third-order valence-corrected chi connectivity index (χ3v) is 6.21. The lowest BCUT2D eigenvalue weighted by atomic mass is 9.85. The maximum Gasteiger partial charge on any atom is 0.416 e. The fourth-order valence-electron chi connectivity index (χ4n) is 4.83. The molecule has 2 aliphatic carbocycles. The van der Waals surface area contributed by atoms with E-state index in [1.54, 1.807) is 6.07 Å². The number of rotatable bonds is 6. The number of nitrogens with one attached hydrogen (secondary N) is 2. The number of halogens is 4. The Kier molecular flexibility index (Phi) is 7.51. The Morgan fingerprint density at radius 1 is 1.12 bits per heavy atom. The highest BCUT2D eigenvalue weighted by atomic mass is 127.